The van der Waals surface area contributed by atoms with Crippen molar-refractivity contribution >= 4 is 0 Å². The first-order chi connectivity index (χ1) is 9.31. The van der Waals surface area contributed by atoms with Crippen molar-refractivity contribution in [2.45, 2.75) is 56.1 Å². The van der Waals surface area contributed by atoms with Crippen molar-refractivity contribution < 1.29 is 0 Å². The summed E-state index contributed by atoms with van der Waals surface area (Å²) in [5.41, 5.74) is 3.16. The fourth-order valence-electron chi connectivity index (χ4n) is 4.43. The van der Waals surface area contributed by atoms with Crippen LogP contribution in [0.25, 0.3) is 0 Å². The Bertz CT molecular complexity index is 456. The van der Waals surface area contributed by atoms with Gasteiger partial charge in [-0.25, -0.2) is 0 Å². The Morgan fingerprint density at radius 2 is 1.89 bits per heavy atom. The molecule has 3 unspecified atom stereocenters. The van der Waals surface area contributed by atoms with Crippen molar-refractivity contribution in [3.05, 3.63) is 35.4 Å². The van der Waals surface area contributed by atoms with Gasteiger partial charge in [-0.3, -0.25) is 0 Å². The normalized spacial score (nSPS) is 36.9. The Morgan fingerprint density at radius 1 is 1.16 bits per heavy atom. The molecular formula is C17H24N2. The van der Waals surface area contributed by atoms with Crippen molar-refractivity contribution in [2.75, 3.05) is 13.6 Å². The molecule has 1 aromatic carbocycles. The van der Waals surface area contributed by atoms with E-state index in [0.29, 0.717) is 0 Å². The molecule has 2 saturated heterocycles. The molecule has 0 saturated carbocycles. The van der Waals surface area contributed by atoms with Gasteiger partial charge in [0.15, 0.2) is 0 Å². The fourth-order valence-corrected chi connectivity index (χ4v) is 4.43. The summed E-state index contributed by atoms with van der Waals surface area (Å²) in [5, 5.41) is 3.86. The van der Waals surface area contributed by atoms with Crippen LogP contribution in [0.3, 0.4) is 0 Å². The second kappa shape index (κ2) is 4.60. The highest BCUT2D eigenvalue weighted by atomic mass is 15.2. The lowest BCUT2D eigenvalue weighted by atomic mass is 9.77. The van der Waals surface area contributed by atoms with E-state index in [1.54, 1.807) is 11.1 Å². The van der Waals surface area contributed by atoms with Crippen LogP contribution in [-0.2, 0) is 6.42 Å². The predicted molar refractivity (Wildman–Crippen MR) is 78.5 cm³/mol. The maximum absolute atomic E-state index is 3.86. The molecule has 0 aromatic heterocycles. The number of rotatable bonds is 3. The van der Waals surface area contributed by atoms with Gasteiger partial charge >= 0.3 is 0 Å². The summed E-state index contributed by atoms with van der Waals surface area (Å²) in [7, 11) is 2.32. The second-order valence-electron chi connectivity index (χ2n) is 6.73. The molecule has 2 bridgehead atoms. The van der Waals surface area contributed by atoms with Gasteiger partial charge in [0, 0.05) is 30.6 Å². The molecule has 0 radical (unpaired) electrons. The van der Waals surface area contributed by atoms with Crippen LogP contribution in [0.4, 0.5) is 0 Å². The molecule has 3 atom stereocenters. The number of benzene rings is 1. The van der Waals surface area contributed by atoms with Crippen LogP contribution in [0.5, 0.6) is 0 Å². The number of nitrogens with one attached hydrogen (secondary N) is 1. The van der Waals surface area contributed by atoms with Crippen LogP contribution in [0, 0.1) is 0 Å². The number of hydrogen-bond donors (Lipinski definition) is 1. The number of nitrogens with zero attached hydrogens (tertiary/aromatic N) is 1. The van der Waals surface area contributed by atoms with Crippen LogP contribution in [0.15, 0.2) is 24.3 Å². The molecule has 1 N–H and O–H groups in total. The largest absolute Gasteiger partial charge is 0.313 e. The van der Waals surface area contributed by atoms with Gasteiger partial charge in [-0.15, -0.1) is 0 Å². The third-order valence-electron chi connectivity index (χ3n) is 5.71. The standard InChI is InChI=1S/C17H24N2/c1-19-15-6-7-16(19)10-14(9-15)18-11-13-8-12-4-2-3-5-17(12)13/h2-5,13-16,18H,6-11H2,1H3. The lowest BCUT2D eigenvalue weighted by Gasteiger charge is -2.38. The maximum Gasteiger partial charge on any atom is 0.0111 e. The van der Waals surface area contributed by atoms with E-state index in [0.717, 1.165) is 24.0 Å². The Labute approximate surface area is 116 Å². The summed E-state index contributed by atoms with van der Waals surface area (Å²) in [5.74, 6) is 0.772. The summed E-state index contributed by atoms with van der Waals surface area (Å²) in [4.78, 5) is 2.62. The van der Waals surface area contributed by atoms with Gasteiger partial charge in [0.25, 0.3) is 0 Å². The summed E-state index contributed by atoms with van der Waals surface area (Å²) in [6.07, 6.45) is 6.85. The van der Waals surface area contributed by atoms with Crippen molar-refractivity contribution in [3.63, 3.8) is 0 Å². The molecule has 19 heavy (non-hydrogen) atoms. The third kappa shape index (κ3) is 2.02. The van der Waals surface area contributed by atoms with Gasteiger partial charge in [-0.05, 0) is 50.3 Å². The van der Waals surface area contributed by atoms with Crippen molar-refractivity contribution in [1.82, 2.24) is 10.2 Å². The lowest BCUT2D eigenvalue weighted by molar-refractivity contribution is 0.147. The quantitative estimate of drug-likeness (QED) is 0.894. The first kappa shape index (κ1) is 11.9. The molecule has 2 heteroatoms. The van der Waals surface area contributed by atoms with Gasteiger partial charge in [0.05, 0.1) is 0 Å². The van der Waals surface area contributed by atoms with Crippen LogP contribution in [0.1, 0.15) is 42.7 Å². The second-order valence-corrected chi connectivity index (χ2v) is 6.73. The van der Waals surface area contributed by atoms with E-state index in [9.17, 15) is 0 Å². The van der Waals surface area contributed by atoms with E-state index in [-0.39, 0.29) is 0 Å². The van der Waals surface area contributed by atoms with E-state index >= 15 is 0 Å². The van der Waals surface area contributed by atoms with Crippen LogP contribution in [-0.4, -0.2) is 36.6 Å². The van der Waals surface area contributed by atoms with E-state index in [2.05, 4.69) is 41.5 Å². The number of piperidine rings is 1. The fraction of sp³-hybridized carbons (Fsp3) is 0.647. The molecular weight excluding hydrogens is 232 g/mol. The predicted octanol–water partition coefficient (Wildman–Crippen LogP) is 2.54. The Balaban J connectivity index is 1.33. The van der Waals surface area contributed by atoms with Crippen molar-refractivity contribution in [2.24, 2.45) is 0 Å². The zero-order valence-corrected chi connectivity index (χ0v) is 11.8. The highest BCUT2D eigenvalue weighted by Crippen LogP contribution is 2.36. The first-order valence-electron chi connectivity index (χ1n) is 7.84. The van der Waals surface area contributed by atoms with Crippen molar-refractivity contribution in [1.29, 1.82) is 0 Å². The molecule has 1 aliphatic carbocycles. The average molecular weight is 256 g/mol. The molecule has 0 spiro atoms. The molecule has 0 amide bonds. The van der Waals surface area contributed by atoms with Gasteiger partial charge in [0.2, 0.25) is 0 Å². The topological polar surface area (TPSA) is 15.3 Å². The molecule has 2 fully saturated rings. The van der Waals surface area contributed by atoms with Gasteiger partial charge in [-0.1, -0.05) is 24.3 Å². The molecule has 2 heterocycles. The summed E-state index contributed by atoms with van der Waals surface area (Å²) in [6.45, 7) is 1.19. The molecule has 102 valence electrons. The number of hydrogen-bond acceptors (Lipinski definition) is 2. The monoisotopic (exact) mass is 256 g/mol. The Hall–Kier alpha value is -0.860. The smallest absolute Gasteiger partial charge is 0.0111 e. The third-order valence-corrected chi connectivity index (χ3v) is 5.71. The summed E-state index contributed by atoms with van der Waals surface area (Å²) >= 11 is 0. The van der Waals surface area contributed by atoms with Crippen LogP contribution >= 0.6 is 0 Å². The minimum Gasteiger partial charge on any atom is -0.313 e. The minimum absolute atomic E-state index is 0.765. The zero-order valence-electron chi connectivity index (χ0n) is 11.8. The highest BCUT2D eigenvalue weighted by molar-refractivity contribution is 5.40. The van der Waals surface area contributed by atoms with E-state index in [4.69, 9.17) is 0 Å². The SMILES string of the molecule is CN1C2CCC1CC(NCC1Cc3ccccc31)C2. The van der Waals surface area contributed by atoms with Crippen molar-refractivity contribution in [3.8, 4) is 0 Å². The molecule has 2 aliphatic heterocycles. The van der Waals surface area contributed by atoms with Crippen LogP contribution < -0.4 is 5.32 Å². The molecule has 4 rings (SSSR count). The first-order valence-corrected chi connectivity index (χ1v) is 7.84. The van der Waals surface area contributed by atoms with E-state index in [1.165, 1.54) is 38.6 Å². The minimum atomic E-state index is 0.765. The summed E-state index contributed by atoms with van der Waals surface area (Å²) < 4.78 is 0. The van der Waals surface area contributed by atoms with Gasteiger partial charge in [0.1, 0.15) is 0 Å². The molecule has 2 nitrogen and oxygen atoms in total. The zero-order chi connectivity index (χ0) is 12.8. The van der Waals surface area contributed by atoms with Crippen LogP contribution in [0.2, 0.25) is 0 Å². The van der Waals surface area contributed by atoms with E-state index < -0.39 is 0 Å². The Morgan fingerprint density at radius 3 is 2.63 bits per heavy atom. The van der Waals surface area contributed by atoms with Gasteiger partial charge in [-0.2, -0.15) is 0 Å². The average Bonchev–Trinajstić information content (AvgIpc) is 2.63. The molecule has 3 aliphatic rings. The lowest BCUT2D eigenvalue weighted by Crippen LogP contribution is -2.48. The van der Waals surface area contributed by atoms with E-state index in [1.807, 2.05) is 0 Å². The number of fused-ring (bicyclic) bond motifs is 3. The highest BCUT2D eigenvalue weighted by Gasteiger charge is 2.38. The van der Waals surface area contributed by atoms with Gasteiger partial charge < -0.3 is 10.2 Å². The maximum atomic E-state index is 3.86. The Kier molecular flexibility index (Phi) is 2.89. The molecule has 1 aromatic rings. The summed E-state index contributed by atoms with van der Waals surface area (Å²) in [6, 6.07) is 11.4.